The van der Waals surface area contributed by atoms with Crippen molar-refractivity contribution in [2.75, 3.05) is 6.54 Å². The fraction of sp³-hybridized carbons (Fsp3) is 0.500. The minimum atomic E-state index is 0.500. The minimum absolute atomic E-state index is 0.500. The van der Waals surface area contributed by atoms with E-state index in [0.717, 1.165) is 13.1 Å². The summed E-state index contributed by atoms with van der Waals surface area (Å²) in [4.78, 5) is 0. The van der Waals surface area contributed by atoms with Crippen LogP contribution >= 0.6 is 0 Å². The highest BCUT2D eigenvalue weighted by molar-refractivity contribution is 5.14. The molecule has 82 valence electrons. The van der Waals surface area contributed by atoms with Gasteiger partial charge in [0.25, 0.3) is 0 Å². The van der Waals surface area contributed by atoms with Crippen LogP contribution in [0.2, 0.25) is 0 Å². The lowest BCUT2D eigenvalue weighted by molar-refractivity contribution is 0.410. The van der Waals surface area contributed by atoms with E-state index in [1.165, 1.54) is 12.0 Å². The molecule has 1 saturated heterocycles. The maximum absolute atomic E-state index is 3.54. The Hall–Kier alpha value is -0.900. The topological polar surface area (TPSA) is 36.1 Å². The predicted molar refractivity (Wildman–Crippen MR) is 62.3 cm³/mol. The van der Waals surface area contributed by atoms with E-state index < -0.39 is 0 Å². The van der Waals surface area contributed by atoms with Gasteiger partial charge < -0.3 is 5.32 Å². The third-order valence-corrected chi connectivity index (χ3v) is 2.94. The van der Waals surface area contributed by atoms with Crippen LogP contribution in [0.1, 0.15) is 18.9 Å². The van der Waals surface area contributed by atoms with Crippen molar-refractivity contribution in [2.24, 2.45) is 0 Å². The predicted octanol–water partition coefficient (Wildman–Crippen LogP) is 1.03. The molecule has 0 aromatic heterocycles. The van der Waals surface area contributed by atoms with Crippen LogP contribution in [0.5, 0.6) is 0 Å². The van der Waals surface area contributed by atoms with Crippen LogP contribution in [-0.2, 0) is 6.54 Å². The van der Waals surface area contributed by atoms with E-state index >= 15 is 0 Å². The van der Waals surface area contributed by atoms with Crippen LogP contribution in [-0.4, -0.2) is 18.6 Å². The molecule has 3 N–H and O–H groups in total. The van der Waals surface area contributed by atoms with Gasteiger partial charge in [0.2, 0.25) is 0 Å². The summed E-state index contributed by atoms with van der Waals surface area (Å²) in [6.45, 7) is 4.25. The maximum atomic E-state index is 3.54. The van der Waals surface area contributed by atoms with Crippen LogP contribution < -0.4 is 16.2 Å². The summed E-state index contributed by atoms with van der Waals surface area (Å²) in [7, 11) is 0. The van der Waals surface area contributed by atoms with Gasteiger partial charge in [0.1, 0.15) is 0 Å². The summed E-state index contributed by atoms with van der Waals surface area (Å²) >= 11 is 0. The van der Waals surface area contributed by atoms with Gasteiger partial charge in [-0.25, -0.2) is 0 Å². The lowest BCUT2D eigenvalue weighted by atomic mass is 10.1. The van der Waals surface area contributed by atoms with Gasteiger partial charge in [-0.15, -0.1) is 0 Å². The summed E-state index contributed by atoms with van der Waals surface area (Å²) in [5.41, 5.74) is 7.78. The molecule has 1 fully saturated rings. The van der Waals surface area contributed by atoms with Gasteiger partial charge in [0, 0.05) is 25.2 Å². The van der Waals surface area contributed by atoms with E-state index in [0.29, 0.717) is 12.1 Å². The molecule has 3 heteroatoms. The fourth-order valence-corrected chi connectivity index (χ4v) is 1.90. The largest absolute Gasteiger partial charge is 0.309 e. The third kappa shape index (κ3) is 3.02. The Morgan fingerprint density at radius 1 is 1.40 bits per heavy atom. The molecule has 2 rings (SSSR count). The summed E-state index contributed by atoms with van der Waals surface area (Å²) in [5, 5.41) is 3.54. The molecule has 3 nitrogen and oxygen atoms in total. The quantitative estimate of drug-likeness (QED) is 0.687. The summed E-state index contributed by atoms with van der Waals surface area (Å²) in [6, 6.07) is 11.6. The molecule has 0 saturated carbocycles. The van der Waals surface area contributed by atoms with Gasteiger partial charge in [0.05, 0.1) is 0 Å². The van der Waals surface area contributed by atoms with Crippen molar-refractivity contribution in [1.82, 2.24) is 16.2 Å². The van der Waals surface area contributed by atoms with Crippen LogP contribution in [0.3, 0.4) is 0 Å². The van der Waals surface area contributed by atoms with Crippen LogP contribution in [0.4, 0.5) is 0 Å². The summed E-state index contributed by atoms with van der Waals surface area (Å²) < 4.78 is 0. The van der Waals surface area contributed by atoms with Gasteiger partial charge in [0.15, 0.2) is 0 Å². The number of hydrazine groups is 1. The van der Waals surface area contributed by atoms with Gasteiger partial charge in [-0.05, 0) is 18.9 Å². The second-order valence-electron chi connectivity index (χ2n) is 4.12. The molecule has 0 radical (unpaired) electrons. The molecule has 2 unspecified atom stereocenters. The fourth-order valence-electron chi connectivity index (χ4n) is 1.90. The molecule has 1 heterocycles. The van der Waals surface area contributed by atoms with E-state index in [2.05, 4.69) is 53.4 Å². The first-order chi connectivity index (χ1) is 7.36. The van der Waals surface area contributed by atoms with Gasteiger partial charge >= 0.3 is 0 Å². The Labute approximate surface area is 91.2 Å². The monoisotopic (exact) mass is 205 g/mol. The Bertz CT molecular complexity index is 280. The zero-order chi connectivity index (χ0) is 10.5. The molecular weight excluding hydrogens is 186 g/mol. The molecule has 0 aliphatic carbocycles. The molecular formula is C12H19N3. The molecule has 1 aromatic carbocycles. The second kappa shape index (κ2) is 5.26. The highest BCUT2D eigenvalue weighted by atomic mass is 15.4. The number of nitrogens with one attached hydrogen (secondary N) is 3. The highest BCUT2D eigenvalue weighted by Gasteiger charge is 2.19. The van der Waals surface area contributed by atoms with Gasteiger partial charge in [-0.1, -0.05) is 30.3 Å². The van der Waals surface area contributed by atoms with Crippen molar-refractivity contribution in [3.8, 4) is 0 Å². The average Bonchev–Trinajstić information content (AvgIpc) is 2.81. The van der Waals surface area contributed by atoms with E-state index in [4.69, 9.17) is 0 Å². The third-order valence-electron chi connectivity index (χ3n) is 2.94. The van der Waals surface area contributed by atoms with Gasteiger partial charge in [-0.3, -0.25) is 10.9 Å². The van der Waals surface area contributed by atoms with Crippen molar-refractivity contribution < 1.29 is 0 Å². The van der Waals surface area contributed by atoms with Gasteiger partial charge in [-0.2, -0.15) is 0 Å². The smallest absolute Gasteiger partial charge is 0.0376 e. The van der Waals surface area contributed by atoms with Crippen molar-refractivity contribution in [1.29, 1.82) is 0 Å². The Morgan fingerprint density at radius 3 is 2.87 bits per heavy atom. The number of rotatable bonds is 4. The Kier molecular flexibility index (Phi) is 3.72. The Morgan fingerprint density at radius 2 is 2.20 bits per heavy atom. The zero-order valence-electron chi connectivity index (χ0n) is 9.16. The first-order valence-corrected chi connectivity index (χ1v) is 5.62. The van der Waals surface area contributed by atoms with E-state index in [1.54, 1.807) is 0 Å². The molecule has 0 bridgehead atoms. The van der Waals surface area contributed by atoms with Crippen molar-refractivity contribution in [2.45, 2.75) is 32.0 Å². The zero-order valence-corrected chi connectivity index (χ0v) is 9.16. The van der Waals surface area contributed by atoms with Crippen molar-refractivity contribution in [3.63, 3.8) is 0 Å². The summed E-state index contributed by atoms with van der Waals surface area (Å²) in [6.07, 6.45) is 1.20. The molecule has 0 amide bonds. The standard InChI is InChI=1S/C12H19N3/c1-10(12-7-8-14-15-12)13-9-11-5-3-2-4-6-11/h2-6,10,12-15H,7-9H2,1H3. The molecule has 1 aliphatic heterocycles. The first-order valence-electron chi connectivity index (χ1n) is 5.62. The van der Waals surface area contributed by atoms with Crippen LogP contribution in [0.15, 0.2) is 30.3 Å². The van der Waals surface area contributed by atoms with Crippen molar-refractivity contribution in [3.05, 3.63) is 35.9 Å². The SMILES string of the molecule is CC(NCc1ccccc1)C1CCNN1. The first kappa shape index (κ1) is 10.6. The molecule has 1 aromatic rings. The second-order valence-corrected chi connectivity index (χ2v) is 4.12. The number of hydrogen-bond acceptors (Lipinski definition) is 3. The van der Waals surface area contributed by atoms with Crippen molar-refractivity contribution >= 4 is 0 Å². The van der Waals surface area contributed by atoms with E-state index in [-0.39, 0.29) is 0 Å². The normalized spacial score (nSPS) is 22.9. The average molecular weight is 205 g/mol. The molecule has 0 spiro atoms. The number of benzene rings is 1. The maximum Gasteiger partial charge on any atom is 0.0376 e. The minimum Gasteiger partial charge on any atom is -0.309 e. The Balaban J connectivity index is 1.77. The number of hydrogen-bond donors (Lipinski definition) is 3. The van der Waals surface area contributed by atoms with E-state index in [1.807, 2.05) is 0 Å². The summed E-state index contributed by atoms with van der Waals surface area (Å²) in [5.74, 6) is 0. The highest BCUT2D eigenvalue weighted by Crippen LogP contribution is 2.04. The van der Waals surface area contributed by atoms with Crippen LogP contribution in [0, 0.1) is 0 Å². The van der Waals surface area contributed by atoms with Crippen LogP contribution in [0.25, 0.3) is 0 Å². The molecule has 15 heavy (non-hydrogen) atoms. The molecule has 1 aliphatic rings. The lowest BCUT2D eigenvalue weighted by Gasteiger charge is -2.20. The van der Waals surface area contributed by atoms with E-state index in [9.17, 15) is 0 Å². The lowest BCUT2D eigenvalue weighted by Crippen LogP contribution is -2.44. The molecule has 2 atom stereocenters.